The fourth-order valence-corrected chi connectivity index (χ4v) is 4.70. The van der Waals surface area contributed by atoms with E-state index in [0.717, 1.165) is 29.2 Å². The summed E-state index contributed by atoms with van der Waals surface area (Å²) in [5, 5.41) is 17.5. The molecule has 3 amide bonds. The minimum atomic E-state index is -0.880. The smallest absolute Gasteiger partial charge is 0.254 e. The van der Waals surface area contributed by atoms with Crippen LogP contribution < -0.4 is 16.4 Å². The van der Waals surface area contributed by atoms with E-state index in [1.54, 1.807) is 29.2 Å². The Morgan fingerprint density at radius 3 is 2.42 bits per heavy atom. The molecule has 0 saturated carbocycles. The van der Waals surface area contributed by atoms with Crippen LogP contribution in [-0.4, -0.2) is 65.5 Å². The minimum Gasteiger partial charge on any atom is -0.390 e. The van der Waals surface area contributed by atoms with Crippen molar-refractivity contribution in [2.75, 3.05) is 19.6 Å². The lowest BCUT2D eigenvalue weighted by atomic mass is 9.98. The Kier molecular flexibility index (Phi) is 10.6. The molecule has 1 heterocycles. The zero-order chi connectivity index (χ0) is 26.2. The van der Waals surface area contributed by atoms with Crippen LogP contribution in [0.25, 0.3) is 10.8 Å². The van der Waals surface area contributed by atoms with Crippen molar-refractivity contribution >= 4 is 40.9 Å². The number of nitrogens with zero attached hydrogens (tertiary/aromatic N) is 1. The van der Waals surface area contributed by atoms with Crippen molar-refractivity contribution in [3.63, 3.8) is 0 Å². The van der Waals surface area contributed by atoms with Crippen molar-refractivity contribution < 1.29 is 19.5 Å². The van der Waals surface area contributed by atoms with Gasteiger partial charge in [0.15, 0.2) is 0 Å². The van der Waals surface area contributed by atoms with Crippen LogP contribution in [0, 0.1) is 0 Å². The summed E-state index contributed by atoms with van der Waals surface area (Å²) >= 11 is 0. The summed E-state index contributed by atoms with van der Waals surface area (Å²) in [7, 11) is 0. The van der Waals surface area contributed by atoms with Crippen molar-refractivity contribution in [3.05, 3.63) is 83.9 Å². The number of fused-ring (bicyclic) bond motifs is 1. The average Bonchev–Trinajstić information content (AvgIpc) is 2.95. The Balaban J connectivity index is 0.00000400. The van der Waals surface area contributed by atoms with Crippen molar-refractivity contribution in [2.24, 2.45) is 5.73 Å². The van der Waals surface area contributed by atoms with E-state index in [1.807, 2.05) is 48.5 Å². The molecule has 1 aliphatic rings. The molecule has 8 nitrogen and oxygen atoms in total. The number of hydrogen-bond donors (Lipinski definition) is 4. The first-order valence-corrected chi connectivity index (χ1v) is 12.8. The molecule has 1 fully saturated rings. The number of likely N-dealkylation sites (tertiary alicyclic amines) is 1. The third-order valence-corrected chi connectivity index (χ3v) is 6.76. The van der Waals surface area contributed by atoms with Gasteiger partial charge in [0.25, 0.3) is 5.91 Å². The number of nitrogens with two attached hydrogens (primary N) is 1. The first-order chi connectivity index (χ1) is 18.0. The molecule has 1 saturated heterocycles. The molecular weight excluding hydrogens is 504 g/mol. The lowest BCUT2D eigenvalue weighted by Gasteiger charge is -2.35. The largest absolute Gasteiger partial charge is 0.390 e. The lowest BCUT2D eigenvalue weighted by molar-refractivity contribution is -0.132. The molecule has 3 aromatic rings. The zero-order valence-corrected chi connectivity index (χ0v) is 22.0. The van der Waals surface area contributed by atoms with Gasteiger partial charge >= 0.3 is 0 Å². The van der Waals surface area contributed by atoms with Gasteiger partial charge in [-0.2, -0.15) is 0 Å². The lowest BCUT2D eigenvalue weighted by Crippen LogP contribution is -2.57. The van der Waals surface area contributed by atoms with Crippen LogP contribution >= 0.6 is 12.4 Å². The number of aliphatic hydroxyl groups is 1. The van der Waals surface area contributed by atoms with Crippen LogP contribution in [0.3, 0.4) is 0 Å². The van der Waals surface area contributed by atoms with Gasteiger partial charge in [-0.3, -0.25) is 14.4 Å². The molecule has 3 aromatic carbocycles. The predicted molar refractivity (Wildman–Crippen MR) is 150 cm³/mol. The number of hydrogen-bond acceptors (Lipinski definition) is 5. The molecule has 0 bridgehead atoms. The van der Waals surface area contributed by atoms with E-state index in [0.29, 0.717) is 18.5 Å². The molecule has 0 radical (unpaired) electrons. The molecule has 9 heteroatoms. The molecule has 0 aromatic heterocycles. The van der Waals surface area contributed by atoms with Gasteiger partial charge in [-0.05, 0) is 47.7 Å². The van der Waals surface area contributed by atoms with E-state index >= 15 is 0 Å². The SMILES string of the molecule is Cl.NCC(O)CNC(=O)[C@@H](Cc1ccc2ccccc2c1)NC(=O)C1CCCCN1C(=O)c1ccccc1. The standard InChI is InChI=1S/C29H34N4O4.ClH/c30-18-24(34)19-31-27(35)25(17-20-13-14-21-8-4-5-11-23(21)16-20)32-28(36)26-12-6-7-15-33(26)29(37)22-9-2-1-3-10-22;/h1-5,8-11,13-14,16,24-26,34H,6-7,12,15,17-19,30H2,(H,31,35)(H,32,36);1H/t24?,25-,26?;/m1./s1. The highest BCUT2D eigenvalue weighted by atomic mass is 35.5. The first kappa shape index (κ1) is 29.1. The molecule has 1 aliphatic heterocycles. The maximum atomic E-state index is 13.5. The quantitative estimate of drug-likeness (QED) is 0.333. The third-order valence-electron chi connectivity index (χ3n) is 6.76. The molecule has 5 N–H and O–H groups in total. The summed E-state index contributed by atoms with van der Waals surface area (Å²) < 4.78 is 0. The summed E-state index contributed by atoms with van der Waals surface area (Å²) in [5.74, 6) is -0.961. The van der Waals surface area contributed by atoms with Crippen molar-refractivity contribution in [1.29, 1.82) is 0 Å². The fourth-order valence-electron chi connectivity index (χ4n) is 4.70. The van der Waals surface area contributed by atoms with Gasteiger partial charge in [0, 0.05) is 31.6 Å². The second-order valence-corrected chi connectivity index (χ2v) is 9.46. The number of amides is 3. The number of piperidine rings is 1. The number of carbonyl (C=O) groups is 3. The van der Waals surface area contributed by atoms with Gasteiger partial charge in [0.2, 0.25) is 11.8 Å². The molecule has 38 heavy (non-hydrogen) atoms. The van der Waals surface area contributed by atoms with Crippen LogP contribution in [0.5, 0.6) is 0 Å². The van der Waals surface area contributed by atoms with Crippen molar-refractivity contribution in [1.82, 2.24) is 15.5 Å². The molecule has 3 atom stereocenters. The number of rotatable bonds is 9. The Bertz CT molecular complexity index is 1240. The molecular formula is C29H35ClN4O4. The number of benzene rings is 3. The molecule has 2 unspecified atom stereocenters. The summed E-state index contributed by atoms with van der Waals surface area (Å²) in [6, 6.07) is 21.2. The number of halogens is 1. The second kappa shape index (κ2) is 13.9. The first-order valence-electron chi connectivity index (χ1n) is 12.8. The van der Waals surface area contributed by atoms with E-state index in [9.17, 15) is 19.5 Å². The minimum absolute atomic E-state index is 0. The highest BCUT2D eigenvalue weighted by Crippen LogP contribution is 2.21. The molecule has 0 aliphatic carbocycles. The van der Waals surface area contributed by atoms with E-state index in [4.69, 9.17) is 5.73 Å². The maximum absolute atomic E-state index is 13.5. The van der Waals surface area contributed by atoms with Gasteiger partial charge in [0.05, 0.1) is 6.10 Å². The van der Waals surface area contributed by atoms with E-state index in [2.05, 4.69) is 10.6 Å². The molecule has 0 spiro atoms. The molecule has 202 valence electrons. The maximum Gasteiger partial charge on any atom is 0.254 e. The normalized spacial score (nSPS) is 16.7. The van der Waals surface area contributed by atoms with Crippen LogP contribution in [0.2, 0.25) is 0 Å². The Morgan fingerprint density at radius 2 is 1.68 bits per heavy atom. The number of aliphatic hydroxyl groups excluding tert-OH is 1. The van der Waals surface area contributed by atoms with Crippen molar-refractivity contribution in [2.45, 2.75) is 43.9 Å². The van der Waals surface area contributed by atoms with Gasteiger partial charge in [-0.1, -0.05) is 60.7 Å². The van der Waals surface area contributed by atoms with E-state index in [-0.39, 0.29) is 43.7 Å². The Labute approximate surface area is 229 Å². The van der Waals surface area contributed by atoms with Gasteiger partial charge in [-0.25, -0.2) is 0 Å². The summed E-state index contributed by atoms with van der Waals surface area (Å²) in [6.45, 7) is 0.484. The van der Waals surface area contributed by atoms with E-state index < -0.39 is 24.1 Å². The predicted octanol–water partition coefficient (Wildman–Crippen LogP) is 2.42. The second-order valence-electron chi connectivity index (χ2n) is 9.46. The summed E-state index contributed by atoms with van der Waals surface area (Å²) in [5.41, 5.74) is 6.89. The highest BCUT2D eigenvalue weighted by molar-refractivity contribution is 5.98. The Hall–Kier alpha value is -3.46. The Morgan fingerprint density at radius 1 is 0.974 bits per heavy atom. The zero-order valence-electron chi connectivity index (χ0n) is 21.2. The van der Waals surface area contributed by atoms with Crippen LogP contribution in [0.4, 0.5) is 0 Å². The van der Waals surface area contributed by atoms with E-state index in [1.165, 1.54) is 0 Å². The highest BCUT2D eigenvalue weighted by Gasteiger charge is 2.34. The number of carbonyl (C=O) groups excluding carboxylic acids is 3. The summed E-state index contributed by atoms with van der Waals surface area (Å²) in [6.07, 6.45) is 1.56. The fraction of sp³-hybridized carbons (Fsp3) is 0.345. The van der Waals surface area contributed by atoms with Crippen LogP contribution in [-0.2, 0) is 16.0 Å². The van der Waals surface area contributed by atoms with Crippen molar-refractivity contribution in [3.8, 4) is 0 Å². The van der Waals surface area contributed by atoms with Gasteiger partial charge in [0.1, 0.15) is 12.1 Å². The van der Waals surface area contributed by atoms with Gasteiger partial charge in [-0.15, -0.1) is 12.4 Å². The van der Waals surface area contributed by atoms with Crippen LogP contribution in [0.15, 0.2) is 72.8 Å². The average molecular weight is 539 g/mol. The monoisotopic (exact) mass is 538 g/mol. The summed E-state index contributed by atoms with van der Waals surface area (Å²) in [4.78, 5) is 41.4. The third kappa shape index (κ3) is 7.31. The topological polar surface area (TPSA) is 125 Å². The van der Waals surface area contributed by atoms with Gasteiger partial charge < -0.3 is 26.4 Å². The van der Waals surface area contributed by atoms with Crippen LogP contribution in [0.1, 0.15) is 35.2 Å². The number of nitrogens with one attached hydrogen (secondary N) is 2. The molecule has 4 rings (SSSR count).